The van der Waals surface area contributed by atoms with Gasteiger partial charge in [0.15, 0.2) is 0 Å². The van der Waals surface area contributed by atoms with Crippen molar-refractivity contribution in [3.63, 3.8) is 0 Å². The van der Waals surface area contributed by atoms with E-state index in [4.69, 9.17) is 11.6 Å². The molecule has 0 radical (unpaired) electrons. The predicted molar refractivity (Wildman–Crippen MR) is 66.6 cm³/mol. The third-order valence-electron chi connectivity index (χ3n) is 3.55. The lowest BCUT2D eigenvalue weighted by atomic mass is 9.75. The van der Waals surface area contributed by atoms with Gasteiger partial charge in [0, 0.05) is 17.3 Å². The summed E-state index contributed by atoms with van der Waals surface area (Å²) >= 11 is 5.97. The van der Waals surface area contributed by atoms with Gasteiger partial charge < -0.3 is 5.32 Å². The molecule has 0 aromatic heterocycles. The number of hydrogen-bond donors (Lipinski definition) is 1. The van der Waals surface area contributed by atoms with Crippen molar-refractivity contribution in [1.29, 1.82) is 0 Å². The number of hydrogen-bond acceptors (Lipinski definition) is 1. The Labute approximate surface area is 96.8 Å². The number of nitrogens with one attached hydrogen (secondary N) is 1. The van der Waals surface area contributed by atoms with Gasteiger partial charge in [0.2, 0.25) is 0 Å². The summed E-state index contributed by atoms with van der Waals surface area (Å²) in [7, 11) is 0. The van der Waals surface area contributed by atoms with Gasteiger partial charge in [0.05, 0.1) is 0 Å². The van der Waals surface area contributed by atoms with Gasteiger partial charge in [-0.15, -0.1) is 0 Å². The van der Waals surface area contributed by atoms with Crippen LogP contribution in [0.5, 0.6) is 0 Å². The number of rotatable bonds is 3. The Morgan fingerprint density at radius 2 is 2.20 bits per heavy atom. The van der Waals surface area contributed by atoms with E-state index in [-0.39, 0.29) is 0 Å². The van der Waals surface area contributed by atoms with Crippen molar-refractivity contribution in [2.75, 3.05) is 11.9 Å². The molecule has 1 saturated carbocycles. The summed E-state index contributed by atoms with van der Waals surface area (Å²) in [6, 6.07) is 6.02. The standard InChI is InChI=1S/C13H18ClN/c1-9-3-5-11(9)8-15-13-7-12(14)6-4-10(13)2/h4,6-7,9,11,15H,3,5,8H2,1-2H3/t9-,11-/m1/s1. The minimum Gasteiger partial charge on any atom is -0.385 e. The molecule has 15 heavy (non-hydrogen) atoms. The van der Waals surface area contributed by atoms with Crippen LogP contribution in [0, 0.1) is 18.8 Å². The molecule has 2 atom stereocenters. The third-order valence-corrected chi connectivity index (χ3v) is 3.79. The summed E-state index contributed by atoms with van der Waals surface area (Å²) in [6.07, 6.45) is 2.76. The summed E-state index contributed by atoms with van der Waals surface area (Å²) in [4.78, 5) is 0. The quantitative estimate of drug-likeness (QED) is 0.814. The summed E-state index contributed by atoms with van der Waals surface area (Å²) in [6.45, 7) is 5.53. The fourth-order valence-corrected chi connectivity index (χ4v) is 2.24. The fraction of sp³-hybridized carbons (Fsp3) is 0.538. The Kier molecular flexibility index (Phi) is 3.20. The average Bonchev–Trinajstić information content (AvgIpc) is 2.21. The minimum atomic E-state index is 0.810. The molecule has 1 aromatic carbocycles. The maximum atomic E-state index is 5.97. The smallest absolute Gasteiger partial charge is 0.0426 e. The van der Waals surface area contributed by atoms with Crippen LogP contribution < -0.4 is 5.32 Å². The zero-order valence-corrected chi connectivity index (χ0v) is 10.1. The van der Waals surface area contributed by atoms with Crippen LogP contribution in [-0.2, 0) is 0 Å². The highest BCUT2D eigenvalue weighted by Crippen LogP contribution is 2.34. The normalized spacial score (nSPS) is 24.7. The van der Waals surface area contributed by atoms with Gasteiger partial charge >= 0.3 is 0 Å². The molecule has 2 rings (SSSR count). The maximum absolute atomic E-state index is 5.97. The van der Waals surface area contributed by atoms with E-state index >= 15 is 0 Å². The van der Waals surface area contributed by atoms with Crippen molar-refractivity contribution in [1.82, 2.24) is 0 Å². The summed E-state index contributed by atoms with van der Waals surface area (Å²) in [5.41, 5.74) is 2.45. The second-order valence-corrected chi connectivity index (χ2v) is 5.09. The molecule has 0 amide bonds. The average molecular weight is 224 g/mol. The van der Waals surface area contributed by atoms with E-state index in [2.05, 4.69) is 25.2 Å². The molecular formula is C13H18ClN. The van der Waals surface area contributed by atoms with E-state index in [9.17, 15) is 0 Å². The highest BCUT2D eigenvalue weighted by molar-refractivity contribution is 6.30. The van der Waals surface area contributed by atoms with Crippen LogP contribution in [0.3, 0.4) is 0 Å². The number of benzene rings is 1. The summed E-state index contributed by atoms with van der Waals surface area (Å²) in [5, 5.41) is 4.31. The zero-order chi connectivity index (χ0) is 10.8. The summed E-state index contributed by atoms with van der Waals surface area (Å²) < 4.78 is 0. The largest absolute Gasteiger partial charge is 0.385 e. The van der Waals surface area contributed by atoms with Gasteiger partial charge in [0.25, 0.3) is 0 Å². The Balaban J connectivity index is 1.95. The predicted octanol–water partition coefficient (Wildman–Crippen LogP) is 4.11. The number of anilines is 1. The van der Waals surface area contributed by atoms with Gasteiger partial charge in [-0.25, -0.2) is 0 Å². The van der Waals surface area contributed by atoms with Gasteiger partial charge in [-0.1, -0.05) is 31.0 Å². The SMILES string of the molecule is Cc1ccc(Cl)cc1NC[C@H]1CC[C@H]1C. The first-order valence-electron chi connectivity index (χ1n) is 5.67. The Bertz CT molecular complexity index is 348. The molecule has 0 bridgehead atoms. The first-order chi connectivity index (χ1) is 7.16. The van der Waals surface area contributed by atoms with E-state index in [1.54, 1.807) is 0 Å². The Hall–Kier alpha value is -0.690. The molecular weight excluding hydrogens is 206 g/mol. The first-order valence-corrected chi connectivity index (χ1v) is 6.04. The van der Waals surface area contributed by atoms with Crippen LogP contribution in [-0.4, -0.2) is 6.54 Å². The molecule has 0 unspecified atom stereocenters. The van der Waals surface area contributed by atoms with Crippen molar-refractivity contribution >= 4 is 17.3 Å². The maximum Gasteiger partial charge on any atom is 0.0426 e. The molecule has 1 nitrogen and oxygen atoms in total. The second-order valence-electron chi connectivity index (χ2n) is 4.65. The van der Waals surface area contributed by atoms with Gasteiger partial charge in [-0.3, -0.25) is 0 Å². The molecule has 1 fully saturated rings. The number of halogens is 1. The lowest BCUT2D eigenvalue weighted by Gasteiger charge is -2.34. The van der Waals surface area contributed by atoms with Gasteiger partial charge in [-0.05, 0) is 42.9 Å². The molecule has 1 aliphatic rings. The highest BCUT2D eigenvalue weighted by atomic mass is 35.5. The fourth-order valence-electron chi connectivity index (χ4n) is 2.06. The van der Waals surface area contributed by atoms with Crippen LogP contribution >= 0.6 is 11.6 Å². The van der Waals surface area contributed by atoms with Crippen LogP contribution in [0.4, 0.5) is 5.69 Å². The van der Waals surface area contributed by atoms with Crippen LogP contribution in [0.15, 0.2) is 18.2 Å². The zero-order valence-electron chi connectivity index (χ0n) is 9.39. The topological polar surface area (TPSA) is 12.0 Å². The molecule has 2 heteroatoms. The highest BCUT2D eigenvalue weighted by Gasteiger charge is 2.26. The van der Waals surface area contributed by atoms with Crippen molar-refractivity contribution in [2.45, 2.75) is 26.7 Å². The van der Waals surface area contributed by atoms with Gasteiger partial charge in [-0.2, -0.15) is 0 Å². The molecule has 82 valence electrons. The third kappa shape index (κ3) is 2.46. The van der Waals surface area contributed by atoms with Crippen LogP contribution in [0.2, 0.25) is 5.02 Å². The molecule has 1 aliphatic carbocycles. The molecule has 0 saturated heterocycles. The van der Waals surface area contributed by atoms with Crippen LogP contribution in [0.25, 0.3) is 0 Å². The minimum absolute atomic E-state index is 0.810. The Morgan fingerprint density at radius 1 is 1.40 bits per heavy atom. The second kappa shape index (κ2) is 4.44. The van der Waals surface area contributed by atoms with Crippen molar-refractivity contribution in [2.24, 2.45) is 11.8 Å². The molecule has 0 heterocycles. The van der Waals surface area contributed by atoms with E-state index in [1.807, 2.05) is 12.1 Å². The van der Waals surface area contributed by atoms with Crippen LogP contribution in [0.1, 0.15) is 25.3 Å². The molecule has 1 N–H and O–H groups in total. The van der Waals surface area contributed by atoms with E-state index < -0.39 is 0 Å². The molecule has 0 spiro atoms. The lowest BCUT2D eigenvalue weighted by Crippen LogP contribution is -2.29. The molecule has 0 aliphatic heterocycles. The first kappa shape index (κ1) is 10.8. The van der Waals surface area contributed by atoms with Crippen molar-refractivity contribution in [3.05, 3.63) is 28.8 Å². The summed E-state index contributed by atoms with van der Waals surface area (Å²) in [5.74, 6) is 1.74. The lowest BCUT2D eigenvalue weighted by molar-refractivity contribution is 0.210. The Morgan fingerprint density at radius 3 is 2.80 bits per heavy atom. The van der Waals surface area contributed by atoms with E-state index in [0.29, 0.717) is 0 Å². The molecule has 1 aromatic rings. The van der Waals surface area contributed by atoms with Crippen molar-refractivity contribution in [3.8, 4) is 0 Å². The van der Waals surface area contributed by atoms with Gasteiger partial charge in [0.1, 0.15) is 0 Å². The van der Waals surface area contributed by atoms with Crippen molar-refractivity contribution < 1.29 is 0 Å². The van der Waals surface area contributed by atoms with E-state index in [0.717, 1.165) is 23.4 Å². The monoisotopic (exact) mass is 223 g/mol. The number of aryl methyl sites for hydroxylation is 1. The van der Waals surface area contributed by atoms with E-state index in [1.165, 1.54) is 24.1 Å².